The number of nitrogens with two attached hydrogens (primary N) is 1. The van der Waals surface area contributed by atoms with Gasteiger partial charge >= 0.3 is 0 Å². The molecular weight excluding hydrogens is 196 g/mol. The van der Waals surface area contributed by atoms with Gasteiger partial charge in [0.05, 0.1) is 6.04 Å². The Kier molecular flexibility index (Phi) is 2.46. The molecule has 1 aromatic rings. The third kappa shape index (κ3) is 1.50. The molecule has 0 bridgehead atoms. The summed E-state index contributed by atoms with van der Waals surface area (Å²) in [5, 5.41) is 1.98. The van der Waals surface area contributed by atoms with Gasteiger partial charge in [-0.3, -0.25) is 4.99 Å². The summed E-state index contributed by atoms with van der Waals surface area (Å²) in [5.74, 6) is 1.49. The first-order valence-electron chi connectivity index (χ1n) is 4.80. The molecule has 0 radical (unpaired) electrons. The summed E-state index contributed by atoms with van der Waals surface area (Å²) in [6, 6.07) is 2.13. The van der Waals surface area contributed by atoms with Crippen molar-refractivity contribution in [1.82, 2.24) is 0 Å². The molecule has 3 nitrogen and oxygen atoms in total. The van der Waals surface area contributed by atoms with E-state index in [1.54, 1.807) is 11.3 Å². The SMILES string of the molecule is CC[C@@H]1N=C(N)c2sccc2O[C@@H]1C. The van der Waals surface area contributed by atoms with Gasteiger partial charge in [-0.25, -0.2) is 0 Å². The van der Waals surface area contributed by atoms with Gasteiger partial charge in [0.1, 0.15) is 22.6 Å². The Morgan fingerprint density at radius 1 is 1.64 bits per heavy atom. The molecule has 0 fully saturated rings. The summed E-state index contributed by atoms with van der Waals surface area (Å²) < 4.78 is 5.79. The van der Waals surface area contributed by atoms with Crippen LogP contribution in [-0.4, -0.2) is 18.0 Å². The lowest BCUT2D eigenvalue weighted by atomic mass is 10.1. The molecule has 2 rings (SSSR count). The molecule has 2 heterocycles. The summed E-state index contributed by atoms with van der Waals surface area (Å²) >= 11 is 1.58. The van der Waals surface area contributed by atoms with E-state index in [1.807, 2.05) is 18.4 Å². The van der Waals surface area contributed by atoms with Crippen LogP contribution in [0, 0.1) is 0 Å². The normalized spacial score (nSPS) is 26.0. The highest BCUT2D eigenvalue weighted by Gasteiger charge is 2.23. The maximum absolute atomic E-state index is 5.90. The molecule has 2 atom stereocenters. The number of aliphatic imine (C=N–C) groups is 1. The standard InChI is InChI=1S/C10H14N2OS/c1-3-7-6(2)13-8-4-5-14-9(8)10(11)12-7/h4-7H,3H2,1-2H3,(H2,11,12)/t6-,7+/m1/s1. The Labute approximate surface area is 87.6 Å². The quantitative estimate of drug-likeness (QED) is 0.770. The lowest BCUT2D eigenvalue weighted by molar-refractivity contribution is 0.191. The van der Waals surface area contributed by atoms with Gasteiger partial charge in [-0.2, -0.15) is 0 Å². The average Bonchev–Trinajstić information content (AvgIpc) is 2.57. The first-order valence-corrected chi connectivity index (χ1v) is 5.68. The zero-order valence-electron chi connectivity index (χ0n) is 8.36. The summed E-state index contributed by atoms with van der Waals surface area (Å²) in [7, 11) is 0. The van der Waals surface area contributed by atoms with E-state index >= 15 is 0 Å². The smallest absolute Gasteiger partial charge is 0.141 e. The molecule has 0 unspecified atom stereocenters. The number of thiophene rings is 1. The molecular formula is C10H14N2OS. The molecule has 2 N–H and O–H groups in total. The largest absolute Gasteiger partial charge is 0.487 e. The maximum Gasteiger partial charge on any atom is 0.141 e. The van der Waals surface area contributed by atoms with Crippen molar-refractivity contribution in [3.63, 3.8) is 0 Å². The van der Waals surface area contributed by atoms with Crippen molar-refractivity contribution >= 4 is 17.2 Å². The van der Waals surface area contributed by atoms with E-state index < -0.39 is 0 Å². The second-order valence-corrected chi connectivity index (χ2v) is 4.34. The van der Waals surface area contributed by atoms with E-state index in [2.05, 4.69) is 11.9 Å². The van der Waals surface area contributed by atoms with Gasteiger partial charge in [0.25, 0.3) is 0 Å². The summed E-state index contributed by atoms with van der Waals surface area (Å²) in [5.41, 5.74) is 5.90. The summed E-state index contributed by atoms with van der Waals surface area (Å²) in [6.07, 6.45) is 1.06. The molecule has 0 saturated carbocycles. The van der Waals surface area contributed by atoms with Crippen LogP contribution in [-0.2, 0) is 0 Å². The van der Waals surface area contributed by atoms with Crippen molar-refractivity contribution in [2.75, 3.05) is 0 Å². The van der Waals surface area contributed by atoms with E-state index in [-0.39, 0.29) is 12.1 Å². The average molecular weight is 210 g/mol. The van der Waals surface area contributed by atoms with Crippen molar-refractivity contribution < 1.29 is 4.74 Å². The van der Waals surface area contributed by atoms with Crippen LogP contribution in [0.25, 0.3) is 0 Å². The Balaban J connectivity index is 2.40. The van der Waals surface area contributed by atoms with Crippen molar-refractivity contribution in [3.05, 3.63) is 16.3 Å². The number of amidine groups is 1. The third-order valence-corrected chi connectivity index (χ3v) is 3.36. The van der Waals surface area contributed by atoms with Crippen LogP contribution in [0.2, 0.25) is 0 Å². The lowest BCUT2D eigenvalue weighted by Crippen LogP contribution is -2.26. The Hall–Kier alpha value is -1.03. The number of rotatable bonds is 1. The van der Waals surface area contributed by atoms with Gasteiger partial charge < -0.3 is 10.5 Å². The van der Waals surface area contributed by atoms with Crippen molar-refractivity contribution in [2.45, 2.75) is 32.4 Å². The molecule has 1 aliphatic rings. The maximum atomic E-state index is 5.90. The Morgan fingerprint density at radius 2 is 2.43 bits per heavy atom. The molecule has 0 saturated heterocycles. The van der Waals surface area contributed by atoms with Crippen molar-refractivity contribution in [1.29, 1.82) is 0 Å². The highest BCUT2D eigenvalue weighted by molar-refractivity contribution is 7.12. The van der Waals surface area contributed by atoms with Crippen LogP contribution in [0.5, 0.6) is 5.75 Å². The number of fused-ring (bicyclic) bond motifs is 1. The first kappa shape index (κ1) is 9.52. The van der Waals surface area contributed by atoms with Crippen LogP contribution in [0.4, 0.5) is 0 Å². The third-order valence-electron chi connectivity index (χ3n) is 2.44. The van der Waals surface area contributed by atoms with E-state index in [0.29, 0.717) is 5.84 Å². The highest BCUT2D eigenvalue weighted by atomic mass is 32.1. The van der Waals surface area contributed by atoms with Gasteiger partial charge in [0.2, 0.25) is 0 Å². The predicted octanol–water partition coefficient (Wildman–Crippen LogP) is 2.01. The van der Waals surface area contributed by atoms with Gasteiger partial charge in [0, 0.05) is 0 Å². The van der Waals surface area contributed by atoms with Gasteiger partial charge in [-0.15, -0.1) is 11.3 Å². The fraction of sp³-hybridized carbons (Fsp3) is 0.500. The monoisotopic (exact) mass is 210 g/mol. The molecule has 14 heavy (non-hydrogen) atoms. The molecule has 0 amide bonds. The zero-order chi connectivity index (χ0) is 10.1. The van der Waals surface area contributed by atoms with Crippen molar-refractivity contribution in [3.8, 4) is 5.75 Å². The highest BCUT2D eigenvalue weighted by Crippen LogP contribution is 2.29. The minimum atomic E-state index is 0.106. The molecule has 0 aromatic carbocycles. The number of hydrogen-bond donors (Lipinski definition) is 1. The van der Waals surface area contributed by atoms with E-state index in [4.69, 9.17) is 10.5 Å². The van der Waals surface area contributed by atoms with Crippen molar-refractivity contribution in [2.24, 2.45) is 10.7 Å². The number of hydrogen-bond acceptors (Lipinski definition) is 4. The summed E-state index contributed by atoms with van der Waals surface area (Å²) in [6.45, 7) is 4.14. The number of nitrogens with zero attached hydrogens (tertiary/aromatic N) is 1. The molecule has 1 aliphatic heterocycles. The predicted molar refractivity (Wildman–Crippen MR) is 59.2 cm³/mol. The zero-order valence-corrected chi connectivity index (χ0v) is 9.17. The number of ether oxygens (including phenoxy) is 1. The van der Waals surface area contributed by atoms with Gasteiger partial charge in [-0.05, 0) is 24.8 Å². The van der Waals surface area contributed by atoms with Gasteiger partial charge in [-0.1, -0.05) is 6.92 Å². The second kappa shape index (κ2) is 3.61. The second-order valence-electron chi connectivity index (χ2n) is 3.43. The van der Waals surface area contributed by atoms with E-state index in [1.165, 1.54) is 0 Å². The minimum Gasteiger partial charge on any atom is -0.487 e. The first-order chi connectivity index (χ1) is 6.72. The van der Waals surface area contributed by atoms with Crippen LogP contribution in [0.3, 0.4) is 0 Å². The molecule has 0 spiro atoms. The van der Waals surface area contributed by atoms with Crippen LogP contribution in [0.1, 0.15) is 25.1 Å². The molecule has 1 aromatic heterocycles. The molecule has 76 valence electrons. The van der Waals surface area contributed by atoms with E-state index in [9.17, 15) is 0 Å². The topological polar surface area (TPSA) is 47.6 Å². The minimum absolute atomic E-state index is 0.106. The van der Waals surface area contributed by atoms with E-state index in [0.717, 1.165) is 17.0 Å². The lowest BCUT2D eigenvalue weighted by Gasteiger charge is -2.17. The Morgan fingerprint density at radius 3 is 3.14 bits per heavy atom. The molecule has 0 aliphatic carbocycles. The Bertz CT molecular complexity index is 359. The van der Waals surface area contributed by atoms with Crippen LogP contribution in [0.15, 0.2) is 16.4 Å². The van der Waals surface area contributed by atoms with Crippen LogP contribution < -0.4 is 10.5 Å². The summed E-state index contributed by atoms with van der Waals surface area (Å²) in [4.78, 5) is 5.43. The van der Waals surface area contributed by atoms with Gasteiger partial charge in [0.15, 0.2) is 0 Å². The van der Waals surface area contributed by atoms with Crippen LogP contribution >= 0.6 is 11.3 Å². The fourth-order valence-corrected chi connectivity index (χ4v) is 2.35. The fourth-order valence-electron chi connectivity index (χ4n) is 1.62. The molecule has 4 heteroatoms.